The van der Waals surface area contributed by atoms with Gasteiger partial charge >= 0.3 is 6.09 Å². The zero-order valence-electron chi connectivity index (χ0n) is 19.2. The maximum absolute atomic E-state index is 13.5. The van der Waals surface area contributed by atoms with Crippen LogP contribution in [0.3, 0.4) is 0 Å². The number of ether oxygens (including phenoxy) is 2. The first-order valence-corrected chi connectivity index (χ1v) is 11.1. The summed E-state index contributed by atoms with van der Waals surface area (Å²) < 4.78 is 16.4. The van der Waals surface area contributed by atoms with Crippen LogP contribution in [-0.2, 0) is 4.74 Å². The van der Waals surface area contributed by atoms with Crippen molar-refractivity contribution < 1.29 is 23.5 Å². The van der Waals surface area contributed by atoms with Crippen molar-refractivity contribution in [3.05, 3.63) is 36.4 Å². The fourth-order valence-electron chi connectivity index (χ4n) is 4.16. The lowest BCUT2D eigenvalue weighted by atomic mass is 10.0. The van der Waals surface area contributed by atoms with Gasteiger partial charge in [0.2, 0.25) is 0 Å². The molecule has 0 N–H and O–H groups in total. The Balaban J connectivity index is 1.47. The molecule has 0 atom stereocenters. The Morgan fingerprint density at radius 3 is 2.38 bits per heavy atom. The number of benzene rings is 1. The number of methoxy groups -OCH3 is 1. The molecule has 0 unspecified atom stereocenters. The highest BCUT2D eigenvalue weighted by atomic mass is 16.6. The van der Waals surface area contributed by atoms with Gasteiger partial charge in [-0.05, 0) is 64.7 Å². The van der Waals surface area contributed by atoms with Gasteiger partial charge in [0.1, 0.15) is 11.4 Å². The van der Waals surface area contributed by atoms with Crippen LogP contribution in [0.5, 0.6) is 5.75 Å². The zero-order chi connectivity index (χ0) is 22.9. The number of aromatic nitrogens is 1. The van der Waals surface area contributed by atoms with Crippen molar-refractivity contribution in [1.29, 1.82) is 0 Å². The van der Waals surface area contributed by atoms with E-state index in [1.54, 1.807) is 24.3 Å². The van der Waals surface area contributed by atoms with Gasteiger partial charge in [0, 0.05) is 30.7 Å². The monoisotopic (exact) mass is 441 g/mol. The van der Waals surface area contributed by atoms with E-state index in [0.717, 1.165) is 31.2 Å². The molecule has 8 heteroatoms. The van der Waals surface area contributed by atoms with Crippen molar-refractivity contribution in [2.45, 2.75) is 64.1 Å². The summed E-state index contributed by atoms with van der Waals surface area (Å²) in [6.07, 6.45) is 6.23. The molecule has 2 aliphatic rings. The molecule has 2 heterocycles. The maximum atomic E-state index is 13.5. The number of hydrogen-bond acceptors (Lipinski definition) is 6. The lowest BCUT2D eigenvalue weighted by Gasteiger charge is -2.39. The van der Waals surface area contributed by atoms with E-state index in [1.165, 1.54) is 6.39 Å². The minimum Gasteiger partial charge on any atom is -0.496 e. The third-order valence-electron chi connectivity index (χ3n) is 5.83. The third kappa shape index (κ3) is 4.89. The number of piperidine rings is 1. The Kier molecular flexibility index (Phi) is 6.13. The van der Waals surface area contributed by atoms with Gasteiger partial charge in [-0.3, -0.25) is 4.79 Å². The molecule has 8 nitrogen and oxygen atoms in total. The summed E-state index contributed by atoms with van der Waals surface area (Å²) >= 11 is 0. The van der Waals surface area contributed by atoms with Crippen molar-refractivity contribution >= 4 is 12.0 Å². The Morgan fingerprint density at radius 2 is 1.81 bits per heavy atom. The molecule has 0 spiro atoms. The Bertz CT molecular complexity index is 955. The standard InChI is InChI=1S/C24H31N3O5/c1-24(2,3)32-23(29)26-11-9-18(10-12-26)27(17-6-7-17)22(28)16-5-8-19(20(13-16)30-4)21-14-25-15-31-21/h5,8,13-15,17-18H,6-7,9-12H2,1-4H3. The topological polar surface area (TPSA) is 85.1 Å². The predicted octanol–water partition coefficient (Wildman–Crippen LogP) is 4.35. The highest BCUT2D eigenvalue weighted by Gasteiger charge is 2.40. The highest BCUT2D eigenvalue weighted by Crippen LogP contribution is 2.36. The van der Waals surface area contributed by atoms with Crippen LogP contribution in [0, 0.1) is 0 Å². The van der Waals surface area contributed by atoms with Crippen molar-refractivity contribution in [2.75, 3.05) is 20.2 Å². The summed E-state index contributed by atoms with van der Waals surface area (Å²) in [5.41, 5.74) is 0.831. The lowest BCUT2D eigenvalue weighted by molar-refractivity contribution is 0.0142. The van der Waals surface area contributed by atoms with E-state index >= 15 is 0 Å². The van der Waals surface area contributed by atoms with Crippen LogP contribution < -0.4 is 4.74 Å². The van der Waals surface area contributed by atoms with Gasteiger partial charge in [0.05, 0.1) is 18.9 Å². The number of hydrogen-bond donors (Lipinski definition) is 0. The minimum absolute atomic E-state index is 0.00522. The predicted molar refractivity (Wildman–Crippen MR) is 119 cm³/mol. The van der Waals surface area contributed by atoms with Gasteiger partial charge in [-0.2, -0.15) is 0 Å². The van der Waals surface area contributed by atoms with E-state index in [2.05, 4.69) is 4.98 Å². The molecule has 2 fully saturated rings. The van der Waals surface area contributed by atoms with E-state index in [1.807, 2.05) is 37.8 Å². The van der Waals surface area contributed by atoms with Gasteiger partial charge in [0.15, 0.2) is 12.2 Å². The van der Waals surface area contributed by atoms with Crippen molar-refractivity contribution in [1.82, 2.24) is 14.8 Å². The number of rotatable bonds is 5. The molecule has 4 rings (SSSR count). The quantitative estimate of drug-likeness (QED) is 0.686. The van der Waals surface area contributed by atoms with E-state index in [0.29, 0.717) is 30.2 Å². The van der Waals surface area contributed by atoms with Crippen LogP contribution in [0.25, 0.3) is 11.3 Å². The smallest absolute Gasteiger partial charge is 0.410 e. The molecule has 2 aromatic rings. The van der Waals surface area contributed by atoms with Crippen LogP contribution in [0.1, 0.15) is 56.8 Å². The molecule has 172 valence electrons. The highest BCUT2D eigenvalue weighted by molar-refractivity contribution is 5.96. The summed E-state index contributed by atoms with van der Waals surface area (Å²) in [6, 6.07) is 5.79. The second-order valence-corrected chi connectivity index (χ2v) is 9.42. The molecular weight excluding hydrogens is 410 g/mol. The van der Waals surface area contributed by atoms with Gasteiger partial charge < -0.3 is 23.7 Å². The van der Waals surface area contributed by atoms with E-state index < -0.39 is 5.60 Å². The van der Waals surface area contributed by atoms with Crippen molar-refractivity contribution in [3.63, 3.8) is 0 Å². The summed E-state index contributed by atoms with van der Waals surface area (Å²) in [7, 11) is 1.58. The average molecular weight is 442 g/mol. The molecule has 1 aromatic heterocycles. The van der Waals surface area contributed by atoms with Gasteiger partial charge in [-0.15, -0.1) is 0 Å². The molecular formula is C24H31N3O5. The average Bonchev–Trinajstić information content (AvgIpc) is 3.44. The number of likely N-dealkylation sites (tertiary alicyclic amines) is 1. The molecule has 0 bridgehead atoms. The number of nitrogens with zero attached hydrogens (tertiary/aromatic N) is 3. The second kappa shape index (κ2) is 8.84. The molecule has 0 radical (unpaired) electrons. The second-order valence-electron chi connectivity index (χ2n) is 9.42. The van der Waals surface area contributed by atoms with Crippen LogP contribution in [0.15, 0.2) is 35.2 Å². The van der Waals surface area contributed by atoms with Crippen LogP contribution in [0.4, 0.5) is 4.79 Å². The minimum atomic E-state index is -0.513. The Hall–Kier alpha value is -3.03. The number of carbonyl (C=O) groups excluding carboxylic acids is 2. The number of oxazole rings is 1. The van der Waals surface area contributed by atoms with E-state index in [-0.39, 0.29) is 24.1 Å². The normalized spacial score (nSPS) is 17.2. The molecule has 1 saturated carbocycles. The maximum Gasteiger partial charge on any atom is 0.410 e. The summed E-state index contributed by atoms with van der Waals surface area (Å²) in [4.78, 5) is 33.6. The van der Waals surface area contributed by atoms with E-state index in [4.69, 9.17) is 13.9 Å². The largest absolute Gasteiger partial charge is 0.496 e. The zero-order valence-corrected chi connectivity index (χ0v) is 19.2. The van der Waals surface area contributed by atoms with Gasteiger partial charge in [0.25, 0.3) is 5.91 Å². The van der Waals surface area contributed by atoms with E-state index in [9.17, 15) is 9.59 Å². The third-order valence-corrected chi connectivity index (χ3v) is 5.83. The summed E-state index contributed by atoms with van der Waals surface area (Å²) in [6.45, 7) is 6.78. The number of amides is 2. The van der Waals surface area contributed by atoms with Gasteiger partial charge in [-0.1, -0.05) is 0 Å². The van der Waals surface area contributed by atoms with Crippen LogP contribution in [-0.4, -0.2) is 64.7 Å². The summed E-state index contributed by atoms with van der Waals surface area (Å²) in [5, 5.41) is 0. The van der Waals surface area contributed by atoms with Crippen LogP contribution >= 0.6 is 0 Å². The number of carbonyl (C=O) groups is 2. The van der Waals surface area contributed by atoms with Crippen molar-refractivity contribution in [2.24, 2.45) is 0 Å². The van der Waals surface area contributed by atoms with Gasteiger partial charge in [-0.25, -0.2) is 9.78 Å². The Morgan fingerprint density at radius 1 is 1.12 bits per heavy atom. The molecule has 32 heavy (non-hydrogen) atoms. The molecule has 1 aliphatic heterocycles. The Labute approximate surface area is 188 Å². The SMILES string of the molecule is COc1cc(C(=O)N(C2CC2)C2CCN(C(=O)OC(C)(C)C)CC2)ccc1-c1cnco1. The first kappa shape index (κ1) is 22.2. The first-order valence-electron chi connectivity index (χ1n) is 11.1. The first-order chi connectivity index (χ1) is 15.3. The molecule has 1 aliphatic carbocycles. The molecule has 1 aromatic carbocycles. The fourth-order valence-corrected chi connectivity index (χ4v) is 4.16. The van der Waals surface area contributed by atoms with Crippen LogP contribution in [0.2, 0.25) is 0 Å². The van der Waals surface area contributed by atoms with Crippen molar-refractivity contribution in [3.8, 4) is 17.1 Å². The molecule has 1 saturated heterocycles. The summed E-state index contributed by atoms with van der Waals surface area (Å²) in [5.74, 6) is 1.17. The lowest BCUT2D eigenvalue weighted by Crippen LogP contribution is -2.50. The fraction of sp³-hybridized carbons (Fsp3) is 0.542. The molecule has 2 amide bonds.